The summed E-state index contributed by atoms with van der Waals surface area (Å²) in [7, 11) is 0. The van der Waals surface area contributed by atoms with Gasteiger partial charge in [-0.15, -0.1) is 0 Å². The standard InChI is InChI=1S/C31H50O3/c1-22(13-16-27-23(2)14-15-25(4)29(27,5)6)11-9-18-30(7)28(12-10-20-32)26(24(3)21-33)17-19-31(30,8)34/h11,13-14,16,21,25,27-28,32,34H,9-10,12,15,17-20H2,1-8H3. The van der Waals surface area contributed by atoms with Crippen LogP contribution in [0.5, 0.6) is 0 Å². The Balaban J connectivity index is 2.22. The quantitative estimate of drug-likeness (QED) is 0.160. The van der Waals surface area contributed by atoms with Gasteiger partial charge in [0, 0.05) is 17.9 Å². The summed E-state index contributed by atoms with van der Waals surface area (Å²) in [5.74, 6) is 1.23. The van der Waals surface area contributed by atoms with Crippen molar-refractivity contribution in [1.82, 2.24) is 0 Å². The predicted octanol–water partition coefficient (Wildman–Crippen LogP) is 7.35. The number of hydrogen-bond donors (Lipinski definition) is 2. The summed E-state index contributed by atoms with van der Waals surface area (Å²) in [4.78, 5) is 11.6. The average Bonchev–Trinajstić information content (AvgIpc) is 2.77. The van der Waals surface area contributed by atoms with Gasteiger partial charge in [0.25, 0.3) is 0 Å². The fourth-order valence-electron chi connectivity index (χ4n) is 6.38. The van der Waals surface area contributed by atoms with Crippen LogP contribution in [0, 0.1) is 28.6 Å². The smallest absolute Gasteiger partial charge is 0.145 e. The normalized spacial score (nSPS) is 35.9. The number of allylic oxidation sites excluding steroid dienone is 8. The van der Waals surface area contributed by atoms with Crippen LogP contribution < -0.4 is 0 Å². The minimum Gasteiger partial charge on any atom is -0.396 e. The number of carbonyl (C=O) groups excluding carboxylic acids is 1. The highest BCUT2D eigenvalue weighted by molar-refractivity contribution is 5.74. The molecule has 0 aromatic rings. The number of hydrogen-bond acceptors (Lipinski definition) is 3. The molecule has 0 aromatic heterocycles. The molecule has 2 rings (SSSR count). The van der Waals surface area contributed by atoms with E-state index in [1.165, 1.54) is 16.7 Å². The van der Waals surface area contributed by atoms with Crippen molar-refractivity contribution in [2.75, 3.05) is 6.61 Å². The summed E-state index contributed by atoms with van der Waals surface area (Å²) < 4.78 is 0. The van der Waals surface area contributed by atoms with Crippen LogP contribution in [-0.4, -0.2) is 28.7 Å². The van der Waals surface area contributed by atoms with Gasteiger partial charge in [-0.2, -0.15) is 0 Å². The highest BCUT2D eigenvalue weighted by Gasteiger charge is 2.52. The van der Waals surface area contributed by atoms with Crippen LogP contribution in [0.25, 0.3) is 0 Å². The second-order valence-electron chi connectivity index (χ2n) is 12.2. The largest absolute Gasteiger partial charge is 0.396 e. The first-order valence-corrected chi connectivity index (χ1v) is 13.3. The molecule has 0 heterocycles. The van der Waals surface area contributed by atoms with Crippen LogP contribution in [-0.2, 0) is 4.79 Å². The molecule has 0 amide bonds. The first kappa shape index (κ1) is 28.8. The highest BCUT2D eigenvalue weighted by Crippen LogP contribution is 2.55. The van der Waals surface area contributed by atoms with Crippen LogP contribution in [0.4, 0.5) is 0 Å². The molecule has 1 fully saturated rings. The van der Waals surface area contributed by atoms with Crippen LogP contribution >= 0.6 is 0 Å². The lowest BCUT2D eigenvalue weighted by Crippen LogP contribution is -2.52. The van der Waals surface area contributed by atoms with Crippen molar-refractivity contribution in [2.45, 2.75) is 106 Å². The second-order valence-corrected chi connectivity index (χ2v) is 12.2. The van der Waals surface area contributed by atoms with Gasteiger partial charge < -0.3 is 10.2 Å². The summed E-state index contributed by atoms with van der Waals surface area (Å²) in [5, 5.41) is 21.0. The van der Waals surface area contributed by atoms with E-state index in [9.17, 15) is 15.0 Å². The first-order chi connectivity index (χ1) is 15.8. The molecule has 5 unspecified atom stereocenters. The zero-order valence-corrected chi connectivity index (χ0v) is 23.1. The molecule has 2 aliphatic carbocycles. The van der Waals surface area contributed by atoms with Gasteiger partial charge in [-0.3, -0.25) is 4.79 Å². The van der Waals surface area contributed by atoms with Crippen molar-refractivity contribution in [3.05, 3.63) is 46.6 Å². The van der Waals surface area contributed by atoms with Gasteiger partial charge in [0.05, 0.1) is 5.60 Å². The van der Waals surface area contributed by atoms with Gasteiger partial charge in [-0.25, -0.2) is 0 Å². The first-order valence-electron chi connectivity index (χ1n) is 13.3. The molecule has 2 aliphatic rings. The van der Waals surface area contributed by atoms with Gasteiger partial charge in [0.2, 0.25) is 0 Å². The van der Waals surface area contributed by atoms with Crippen LogP contribution in [0.15, 0.2) is 46.6 Å². The van der Waals surface area contributed by atoms with E-state index in [2.05, 4.69) is 65.8 Å². The van der Waals surface area contributed by atoms with Crippen LogP contribution in [0.1, 0.15) is 100 Å². The van der Waals surface area contributed by atoms with E-state index in [4.69, 9.17) is 0 Å². The van der Waals surface area contributed by atoms with Crippen molar-refractivity contribution in [3.63, 3.8) is 0 Å². The Morgan fingerprint density at radius 3 is 2.50 bits per heavy atom. The minimum absolute atomic E-state index is 0.107. The molecule has 0 bridgehead atoms. The molecule has 0 spiro atoms. The van der Waals surface area contributed by atoms with Gasteiger partial charge in [-0.05, 0) is 95.5 Å². The van der Waals surface area contributed by atoms with Crippen molar-refractivity contribution >= 4 is 6.29 Å². The maximum absolute atomic E-state index is 11.6. The SMILES string of the molecule is CC(C=CC1C(C)=CCC(C)C1(C)C)=CCCC1(C)C(CCCO)C(=C(C)C=O)CCC1(C)O. The number of aliphatic hydroxyl groups excluding tert-OH is 1. The summed E-state index contributed by atoms with van der Waals surface area (Å²) in [6, 6.07) is 0. The van der Waals surface area contributed by atoms with E-state index in [0.29, 0.717) is 24.7 Å². The Morgan fingerprint density at radius 2 is 1.88 bits per heavy atom. The number of aliphatic hydroxyl groups is 2. The predicted molar refractivity (Wildman–Crippen MR) is 143 cm³/mol. The summed E-state index contributed by atoms with van der Waals surface area (Å²) in [5.41, 5.74) is 3.80. The molecule has 34 heavy (non-hydrogen) atoms. The molecule has 192 valence electrons. The van der Waals surface area contributed by atoms with Gasteiger partial charge >= 0.3 is 0 Å². The van der Waals surface area contributed by atoms with Gasteiger partial charge in [0.15, 0.2) is 0 Å². The molecule has 0 aliphatic heterocycles. The van der Waals surface area contributed by atoms with E-state index < -0.39 is 5.60 Å². The molecule has 3 nitrogen and oxygen atoms in total. The Bertz CT molecular complexity index is 839. The molecule has 3 heteroatoms. The lowest BCUT2D eigenvalue weighted by Gasteiger charge is -2.53. The third-order valence-corrected chi connectivity index (χ3v) is 9.67. The third kappa shape index (κ3) is 6.02. The Hall–Kier alpha value is -1.45. The molecular formula is C31H50O3. The van der Waals surface area contributed by atoms with Gasteiger partial charge in [-0.1, -0.05) is 68.7 Å². The maximum Gasteiger partial charge on any atom is 0.145 e. The zero-order valence-electron chi connectivity index (χ0n) is 23.1. The fraction of sp³-hybridized carbons (Fsp3) is 0.710. The van der Waals surface area contributed by atoms with E-state index in [0.717, 1.165) is 44.0 Å². The minimum atomic E-state index is -0.804. The third-order valence-electron chi connectivity index (χ3n) is 9.67. The topological polar surface area (TPSA) is 57.5 Å². The zero-order chi connectivity index (χ0) is 25.7. The number of aldehydes is 1. The molecule has 0 aromatic carbocycles. The monoisotopic (exact) mass is 470 g/mol. The molecular weight excluding hydrogens is 420 g/mol. The van der Waals surface area contributed by atoms with E-state index >= 15 is 0 Å². The number of rotatable bonds is 9. The molecule has 2 N–H and O–H groups in total. The number of carbonyl (C=O) groups is 1. The summed E-state index contributed by atoms with van der Waals surface area (Å²) in [6.45, 7) is 17.7. The Labute approximate surface area is 209 Å². The lowest BCUT2D eigenvalue weighted by molar-refractivity contribution is -0.115. The molecule has 0 saturated heterocycles. The summed E-state index contributed by atoms with van der Waals surface area (Å²) in [6.07, 6.45) is 16.1. The Morgan fingerprint density at radius 1 is 1.21 bits per heavy atom. The van der Waals surface area contributed by atoms with Crippen molar-refractivity contribution in [3.8, 4) is 0 Å². The Kier molecular flexibility index (Phi) is 9.76. The molecule has 5 atom stereocenters. The maximum atomic E-state index is 11.6. The van der Waals surface area contributed by atoms with Crippen LogP contribution in [0.3, 0.4) is 0 Å². The van der Waals surface area contributed by atoms with Crippen molar-refractivity contribution < 1.29 is 15.0 Å². The van der Waals surface area contributed by atoms with Crippen molar-refractivity contribution in [2.24, 2.45) is 28.6 Å². The van der Waals surface area contributed by atoms with E-state index in [1.54, 1.807) is 0 Å². The average molecular weight is 471 g/mol. The van der Waals surface area contributed by atoms with Gasteiger partial charge in [0.1, 0.15) is 6.29 Å². The molecule has 0 radical (unpaired) electrons. The van der Waals surface area contributed by atoms with Crippen LogP contribution in [0.2, 0.25) is 0 Å². The second kappa shape index (κ2) is 11.5. The van der Waals surface area contributed by atoms with E-state index in [-0.39, 0.29) is 23.4 Å². The lowest BCUT2D eigenvalue weighted by atomic mass is 9.54. The fourth-order valence-corrected chi connectivity index (χ4v) is 6.38. The van der Waals surface area contributed by atoms with E-state index in [1.807, 2.05) is 13.8 Å². The highest BCUT2D eigenvalue weighted by atomic mass is 16.3. The summed E-state index contributed by atoms with van der Waals surface area (Å²) >= 11 is 0. The molecule has 1 saturated carbocycles. The van der Waals surface area contributed by atoms with Crippen molar-refractivity contribution in [1.29, 1.82) is 0 Å².